The van der Waals surface area contributed by atoms with Gasteiger partial charge < -0.3 is 10.2 Å². The molecule has 0 aliphatic heterocycles. The summed E-state index contributed by atoms with van der Waals surface area (Å²) in [5.74, 6) is -1.60. The van der Waals surface area contributed by atoms with Gasteiger partial charge in [0, 0.05) is 13.6 Å². The lowest BCUT2D eigenvalue weighted by Gasteiger charge is -2.19. The van der Waals surface area contributed by atoms with Crippen LogP contribution in [0.5, 0.6) is 0 Å². The van der Waals surface area contributed by atoms with Crippen LogP contribution in [0, 0.1) is 18.6 Å². The minimum atomic E-state index is -0.798. The van der Waals surface area contributed by atoms with E-state index in [1.165, 1.54) is 11.0 Å². The lowest BCUT2D eigenvalue weighted by Crippen LogP contribution is -2.31. The number of carbonyl (C=O) groups is 1. The molecule has 2 amide bonds. The summed E-state index contributed by atoms with van der Waals surface area (Å²) in [5, 5.41) is 2.25. The zero-order valence-electron chi connectivity index (χ0n) is 11.9. The summed E-state index contributed by atoms with van der Waals surface area (Å²) in [7, 11) is 1.57. The van der Waals surface area contributed by atoms with Crippen molar-refractivity contribution >= 4 is 11.7 Å². The molecule has 0 aromatic heterocycles. The van der Waals surface area contributed by atoms with Crippen molar-refractivity contribution < 1.29 is 13.6 Å². The lowest BCUT2D eigenvalue weighted by atomic mass is 10.1. The van der Waals surface area contributed by atoms with E-state index in [2.05, 4.69) is 5.32 Å². The molecule has 1 N–H and O–H groups in total. The monoisotopic (exact) mass is 290 g/mol. The van der Waals surface area contributed by atoms with Gasteiger partial charge in [0.2, 0.25) is 0 Å². The molecule has 3 nitrogen and oxygen atoms in total. The highest BCUT2D eigenvalue weighted by molar-refractivity contribution is 5.89. The van der Waals surface area contributed by atoms with E-state index in [1.54, 1.807) is 7.05 Å². The second-order valence-corrected chi connectivity index (χ2v) is 4.81. The summed E-state index contributed by atoms with van der Waals surface area (Å²) in [6.07, 6.45) is 0. The Morgan fingerprint density at radius 1 is 1.10 bits per heavy atom. The van der Waals surface area contributed by atoms with E-state index in [0.717, 1.165) is 23.3 Å². The standard InChI is InChI=1S/C16H16F2N2O/c1-11-6-3-4-7-12(11)10-20(2)16(21)19-15-13(17)8-5-9-14(15)18/h3-9H,10H2,1-2H3,(H,19,21). The number of urea groups is 1. The van der Waals surface area contributed by atoms with Crippen LogP contribution in [0.1, 0.15) is 11.1 Å². The summed E-state index contributed by atoms with van der Waals surface area (Å²) >= 11 is 0. The fraction of sp³-hybridized carbons (Fsp3) is 0.188. The fourth-order valence-electron chi connectivity index (χ4n) is 1.93. The number of anilines is 1. The van der Waals surface area contributed by atoms with Crippen molar-refractivity contribution in [2.75, 3.05) is 12.4 Å². The van der Waals surface area contributed by atoms with Crippen molar-refractivity contribution in [2.45, 2.75) is 13.5 Å². The van der Waals surface area contributed by atoms with Crippen molar-refractivity contribution in [1.82, 2.24) is 4.90 Å². The number of hydrogen-bond donors (Lipinski definition) is 1. The quantitative estimate of drug-likeness (QED) is 0.912. The van der Waals surface area contributed by atoms with Crippen LogP contribution in [0.15, 0.2) is 42.5 Å². The van der Waals surface area contributed by atoms with Gasteiger partial charge in [0.25, 0.3) is 0 Å². The Bertz CT molecular complexity index is 638. The Hall–Kier alpha value is -2.43. The number of carbonyl (C=O) groups excluding carboxylic acids is 1. The molecule has 0 aliphatic carbocycles. The minimum absolute atomic E-state index is 0.356. The number of nitrogens with zero attached hydrogens (tertiary/aromatic N) is 1. The number of rotatable bonds is 3. The van der Waals surface area contributed by atoms with Crippen molar-refractivity contribution in [2.24, 2.45) is 0 Å². The van der Waals surface area contributed by atoms with Gasteiger partial charge in [0.15, 0.2) is 0 Å². The molecule has 0 atom stereocenters. The van der Waals surface area contributed by atoms with Gasteiger partial charge in [-0.3, -0.25) is 0 Å². The molecule has 0 heterocycles. The molecule has 110 valence electrons. The van der Waals surface area contributed by atoms with Crippen molar-refractivity contribution in [3.8, 4) is 0 Å². The van der Waals surface area contributed by atoms with Crippen molar-refractivity contribution in [1.29, 1.82) is 0 Å². The van der Waals surface area contributed by atoms with E-state index in [-0.39, 0.29) is 0 Å². The summed E-state index contributed by atoms with van der Waals surface area (Å²) in [6, 6.07) is 10.5. The van der Waals surface area contributed by atoms with Gasteiger partial charge >= 0.3 is 6.03 Å². The van der Waals surface area contributed by atoms with Crippen LogP contribution in [-0.4, -0.2) is 18.0 Å². The molecule has 0 fully saturated rings. The lowest BCUT2D eigenvalue weighted by molar-refractivity contribution is 0.220. The normalized spacial score (nSPS) is 10.3. The molecule has 2 rings (SSSR count). The number of para-hydroxylation sites is 1. The third-order valence-corrected chi connectivity index (χ3v) is 3.21. The maximum Gasteiger partial charge on any atom is 0.322 e. The van der Waals surface area contributed by atoms with Gasteiger partial charge in [0.05, 0.1) is 0 Å². The van der Waals surface area contributed by atoms with Gasteiger partial charge in [-0.2, -0.15) is 0 Å². The van der Waals surface area contributed by atoms with Crippen LogP contribution in [0.4, 0.5) is 19.3 Å². The average molecular weight is 290 g/mol. The van der Waals surface area contributed by atoms with Crippen molar-refractivity contribution in [3.05, 3.63) is 65.2 Å². The summed E-state index contributed by atoms with van der Waals surface area (Å²) < 4.78 is 27.0. The van der Waals surface area contributed by atoms with Gasteiger partial charge in [-0.15, -0.1) is 0 Å². The van der Waals surface area contributed by atoms with E-state index in [9.17, 15) is 13.6 Å². The first kappa shape index (κ1) is 15.0. The molecule has 0 saturated carbocycles. The van der Waals surface area contributed by atoms with Crippen LogP contribution in [0.25, 0.3) is 0 Å². The van der Waals surface area contributed by atoms with Crippen LogP contribution < -0.4 is 5.32 Å². The smallest absolute Gasteiger partial charge is 0.322 e. The third-order valence-electron chi connectivity index (χ3n) is 3.21. The molecule has 2 aromatic carbocycles. The first-order valence-electron chi connectivity index (χ1n) is 6.49. The van der Waals surface area contributed by atoms with Crippen LogP contribution in [-0.2, 0) is 6.54 Å². The summed E-state index contributed by atoms with van der Waals surface area (Å²) in [4.78, 5) is 13.4. The SMILES string of the molecule is Cc1ccccc1CN(C)C(=O)Nc1c(F)cccc1F. The molecule has 0 radical (unpaired) electrons. The topological polar surface area (TPSA) is 32.3 Å². The van der Waals surface area contributed by atoms with Crippen LogP contribution in [0.3, 0.4) is 0 Å². The second kappa shape index (κ2) is 6.35. The maximum absolute atomic E-state index is 13.5. The molecule has 0 aliphatic rings. The fourth-order valence-corrected chi connectivity index (χ4v) is 1.93. The highest BCUT2D eigenvalue weighted by Crippen LogP contribution is 2.19. The van der Waals surface area contributed by atoms with Gasteiger partial charge in [-0.05, 0) is 30.2 Å². The Labute approximate surface area is 122 Å². The molecule has 0 unspecified atom stereocenters. The zero-order chi connectivity index (χ0) is 15.4. The van der Waals surface area contributed by atoms with E-state index < -0.39 is 23.4 Å². The number of hydrogen-bond acceptors (Lipinski definition) is 1. The molecule has 0 bridgehead atoms. The van der Waals surface area contributed by atoms with Gasteiger partial charge in [-0.25, -0.2) is 13.6 Å². The molecular formula is C16H16F2N2O. The number of amides is 2. The average Bonchev–Trinajstić information content (AvgIpc) is 2.45. The molecular weight excluding hydrogens is 274 g/mol. The largest absolute Gasteiger partial charge is 0.323 e. The summed E-state index contributed by atoms with van der Waals surface area (Å²) in [6.45, 7) is 2.30. The molecule has 21 heavy (non-hydrogen) atoms. The third kappa shape index (κ3) is 3.56. The predicted octanol–water partition coefficient (Wildman–Crippen LogP) is 3.94. The van der Waals surface area contributed by atoms with E-state index in [0.29, 0.717) is 6.54 Å². The van der Waals surface area contributed by atoms with Crippen LogP contribution in [0.2, 0.25) is 0 Å². The van der Waals surface area contributed by atoms with E-state index in [4.69, 9.17) is 0 Å². The van der Waals surface area contributed by atoms with E-state index in [1.807, 2.05) is 31.2 Å². The Balaban J connectivity index is 2.08. The number of aryl methyl sites for hydroxylation is 1. The summed E-state index contributed by atoms with van der Waals surface area (Å²) in [5.41, 5.74) is 1.59. The predicted molar refractivity (Wildman–Crippen MR) is 78.0 cm³/mol. The highest BCUT2D eigenvalue weighted by Gasteiger charge is 2.15. The zero-order valence-corrected chi connectivity index (χ0v) is 11.9. The molecule has 5 heteroatoms. The Morgan fingerprint density at radius 3 is 2.33 bits per heavy atom. The van der Waals surface area contributed by atoms with E-state index >= 15 is 0 Å². The molecule has 0 spiro atoms. The Morgan fingerprint density at radius 2 is 1.71 bits per heavy atom. The number of halogens is 2. The first-order valence-corrected chi connectivity index (χ1v) is 6.49. The first-order chi connectivity index (χ1) is 9.99. The molecule has 0 saturated heterocycles. The maximum atomic E-state index is 13.5. The van der Waals surface area contributed by atoms with Crippen LogP contribution >= 0.6 is 0 Å². The molecule has 2 aromatic rings. The minimum Gasteiger partial charge on any atom is -0.323 e. The number of benzene rings is 2. The van der Waals surface area contributed by atoms with Gasteiger partial charge in [0.1, 0.15) is 17.3 Å². The number of nitrogens with one attached hydrogen (secondary N) is 1. The highest BCUT2D eigenvalue weighted by atomic mass is 19.1. The Kier molecular flexibility index (Phi) is 4.52. The second-order valence-electron chi connectivity index (χ2n) is 4.81. The van der Waals surface area contributed by atoms with Gasteiger partial charge in [-0.1, -0.05) is 30.3 Å². The van der Waals surface area contributed by atoms with Crippen molar-refractivity contribution in [3.63, 3.8) is 0 Å².